The van der Waals surface area contributed by atoms with Crippen LogP contribution in [0, 0.1) is 5.92 Å². The minimum Gasteiger partial charge on any atom is -0.495 e. The molecule has 13 heteroatoms. The van der Waals surface area contributed by atoms with Crippen LogP contribution in [0.4, 0.5) is 10.5 Å². The summed E-state index contributed by atoms with van der Waals surface area (Å²) in [7, 11) is 6.40. The number of carbonyl (C=O) groups is 3. The molecule has 0 radical (unpaired) electrons. The summed E-state index contributed by atoms with van der Waals surface area (Å²) in [6.07, 6.45) is 1.03. The van der Waals surface area contributed by atoms with Crippen molar-refractivity contribution in [1.82, 2.24) is 10.2 Å². The van der Waals surface area contributed by atoms with Gasteiger partial charge in [-0.15, -0.1) is 0 Å². The molecule has 0 spiro atoms. The number of halogens is 1. The number of fused-ring (bicyclic) bond motifs is 5. The summed E-state index contributed by atoms with van der Waals surface area (Å²) in [6.45, 7) is 9.46. The number of amides is 2. The van der Waals surface area contributed by atoms with Crippen molar-refractivity contribution in [3.63, 3.8) is 0 Å². The number of anilines is 1. The Labute approximate surface area is 281 Å². The smallest absolute Gasteiger partial charge is 0.409 e. The summed E-state index contributed by atoms with van der Waals surface area (Å²) in [6, 6.07) is 3.13. The lowest BCUT2D eigenvalue weighted by molar-refractivity contribution is -0.157. The monoisotopic (exact) mass is 677 g/mol. The number of allylic oxidation sites excluding steroid dienone is 3. The highest BCUT2D eigenvalue weighted by Crippen LogP contribution is 2.41. The molecule has 0 aromatic heterocycles. The molecule has 1 aromatic carbocycles. The van der Waals surface area contributed by atoms with Crippen LogP contribution in [0.5, 0.6) is 5.75 Å². The summed E-state index contributed by atoms with van der Waals surface area (Å²) < 4.78 is 28.9. The van der Waals surface area contributed by atoms with Gasteiger partial charge in [-0.3, -0.25) is 19.8 Å². The lowest BCUT2D eigenvalue weighted by Gasteiger charge is -2.41. The predicted molar refractivity (Wildman–Crippen MR) is 176 cm³/mol. The molecule has 1 aromatic rings. The molecule has 4 rings (SSSR count). The van der Waals surface area contributed by atoms with Crippen LogP contribution < -0.4 is 15.0 Å². The summed E-state index contributed by atoms with van der Waals surface area (Å²) in [4.78, 5) is 43.3. The maximum Gasteiger partial charge on any atom is 0.409 e. The van der Waals surface area contributed by atoms with Gasteiger partial charge < -0.3 is 33.7 Å². The molecule has 3 aliphatic rings. The Morgan fingerprint density at radius 1 is 1.21 bits per heavy atom. The number of ether oxygens (including phenoxy) is 5. The zero-order valence-corrected chi connectivity index (χ0v) is 29.4. The maximum atomic E-state index is 13.9. The molecule has 8 atom stereocenters. The molecule has 4 bridgehead atoms. The molecule has 260 valence electrons. The molecule has 8 unspecified atom stereocenters. The molecule has 2 amide bonds. The van der Waals surface area contributed by atoms with Crippen molar-refractivity contribution in [1.29, 1.82) is 0 Å². The van der Waals surface area contributed by atoms with Gasteiger partial charge in [-0.2, -0.15) is 0 Å². The molecule has 2 saturated heterocycles. The topological polar surface area (TPSA) is 139 Å². The highest BCUT2D eigenvalue weighted by molar-refractivity contribution is 6.35. The number of epoxide rings is 1. The number of esters is 1. The van der Waals surface area contributed by atoms with Crippen LogP contribution in [0.15, 0.2) is 35.9 Å². The highest BCUT2D eigenvalue weighted by Gasteiger charge is 2.56. The number of methoxy groups -OCH3 is 2. The Morgan fingerprint density at radius 2 is 1.91 bits per heavy atom. The number of likely N-dealkylation sites (N-methyl/N-ethyl adjacent to an activating group) is 1. The Morgan fingerprint density at radius 3 is 2.55 bits per heavy atom. The van der Waals surface area contributed by atoms with Gasteiger partial charge in [0.2, 0.25) is 5.91 Å². The van der Waals surface area contributed by atoms with Gasteiger partial charge in [-0.1, -0.05) is 42.3 Å². The van der Waals surface area contributed by atoms with Crippen molar-refractivity contribution >= 4 is 35.3 Å². The summed E-state index contributed by atoms with van der Waals surface area (Å²) in [5, 5.41) is 14.4. The number of carbonyl (C=O) groups excluding carboxylic acids is 3. The van der Waals surface area contributed by atoms with Crippen LogP contribution in [0.1, 0.15) is 53.0 Å². The predicted octanol–water partition coefficient (Wildman–Crippen LogP) is 4.01. The van der Waals surface area contributed by atoms with E-state index < -0.39 is 60.3 Å². The van der Waals surface area contributed by atoms with Crippen LogP contribution in [0.3, 0.4) is 0 Å². The largest absolute Gasteiger partial charge is 0.495 e. The average Bonchev–Trinajstić information content (AvgIpc) is 3.82. The molecular formula is C34H48ClN3O9. The van der Waals surface area contributed by atoms with E-state index in [9.17, 15) is 19.5 Å². The van der Waals surface area contributed by atoms with Gasteiger partial charge >= 0.3 is 12.1 Å². The Bertz CT molecular complexity index is 1400. The van der Waals surface area contributed by atoms with E-state index in [1.165, 1.54) is 19.1 Å². The van der Waals surface area contributed by atoms with Crippen LogP contribution >= 0.6 is 11.6 Å². The number of rotatable bonds is 6. The third-order valence-electron chi connectivity index (χ3n) is 9.44. The average molecular weight is 678 g/mol. The van der Waals surface area contributed by atoms with Crippen molar-refractivity contribution in [2.24, 2.45) is 5.92 Å². The van der Waals surface area contributed by atoms with E-state index in [2.05, 4.69) is 5.32 Å². The van der Waals surface area contributed by atoms with Crippen LogP contribution in [-0.2, 0) is 35.0 Å². The first-order valence-electron chi connectivity index (χ1n) is 15.9. The lowest BCUT2D eigenvalue weighted by atomic mass is 9.87. The number of aliphatic hydroxyl groups is 1. The van der Waals surface area contributed by atoms with Crippen molar-refractivity contribution in [2.45, 2.75) is 102 Å². The van der Waals surface area contributed by atoms with E-state index in [0.717, 1.165) is 11.1 Å². The molecule has 0 saturated carbocycles. The fraction of sp³-hybridized carbons (Fsp3) is 0.618. The summed E-state index contributed by atoms with van der Waals surface area (Å²) >= 11 is 6.71. The van der Waals surface area contributed by atoms with Crippen molar-refractivity contribution < 1.29 is 43.2 Å². The Hall–Kier alpha value is -3.16. The number of hydrogen-bond acceptors (Lipinski definition) is 10. The van der Waals surface area contributed by atoms with Gasteiger partial charge in [0.15, 0.2) is 5.72 Å². The van der Waals surface area contributed by atoms with Gasteiger partial charge in [-0.05, 0) is 58.9 Å². The molecule has 2 fully saturated rings. The Kier molecular flexibility index (Phi) is 11.7. The number of nitrogens with one attached hydrogen (secondary N) is 1. The second-order valence-electron chi connectivity index (χ2n) is 13.1. The fourth-order valence-corrected chi connectivity index (χ4v) is 6.40. The standard InChI is InChI=1S/C34H48ClN3O9/c1-18(2)37(6)21(5)32(40)45-25-16-28(39)38(7)23-14-22(15-24(43-8)29(23)35)13-19(3)11-10-12-27(44-9)34(42)17-26(46-33(41)36-34)20(4)30-31(25)47-30/h10-12,14-15,18,20-21,25-27,30-31,42H,13,16-17H2,1-9H3,(H,36,41)/b12-10+,19-11+. The van der Waals surface area contributed by atoms with E-state index in [0.29, 0.717) is 17.9 Å². The first-order chi connectivity index (χ1) is 22.1. The highest BCUT2D eigenvalue weighted by atomic mass is 35.5. The number of alkyl carbamates (subject to hydrolysis) is 1. The van der Waals surface area contributed by atoms with Crippen molar-refractivity contribution in [2.75, 3.05) is 33.2 Å². The molecule has 3 aliphatic heterocycles. The van der Waals surface area contributed by atoms with Gasteiger partial charge in [-0.25, -0.2) is 4.79 Å². The van der Waals surface area contributed by atoms with Crippen LogP contribution in [0.25, 0.3) is 0 Å². The lowest BCUT2D eigenvalue weighted by Crippen LogP contribution is -2.63. The fourth-order valence-electron chi connectivity index (χ4n) is 6.09. The molecule has 47 heavy (non-hydrogen) atoms. The molecule has 3 heterocycles. The third-order valence-corrected chi connectivity index (χ3v) is 9.82. The molecular weight excluding hydrogens is 630 g/mol. The number of benzene rings is 1. The zero-order valence-electron chi connectivity index (χ0n) is 28.6. The summed E-state index contributed by atoms with van der Waals surface area (Å²) in [5.41, 5.74) is 0.474. The van der Waals surface area contributed by atoms with E-state index in [4.69, 9.17) is 35.3 Å². The van der Waals surface area contributed by atoms with Crippen LogP contribution in [0.2, 0.25) is 5.02 Å². The molecule has 2 N–H and O–H groups in total. The summed E-state index contributed by atoms with van der Waals surface area (Å²) in [5.74, 6) is -0.869. The van der Waals surface area contributed by atoms with E-state index in [-0.39, 0.29) is 29.8 Å². The quantitative estimate of drug-likeness (QED) is 0.336. The van der Waals surface area contributed by atoms with E-state index in [1.807, 2.05) is 57.9 Å². The first-order valence-corrected chi connectivity index (χ1v) is 16.3. The third kappa shape index (κ3) is 8.29. The van der Waals surface area contributed by atoms with Crippen molar-refractivity contribution in [3.05, 3.63) is 46.5 Å². The van der Waals surface area contributed by atoms with Crippen molar-refractivity contribution in [3.8, 4) is 5.75 Å². The second kappa shape index (κ2) is 14.9. The minimum atomic E-state index is -1.77. The first kappa shape index (κ1) is 36.7. The minimum absolute atomic E-state index is 0.00446. The van der Waals surface area contributed by atoms with E-state index >= 15 is 0 Å². The SMILES string of the molecule is COc1cc2cc(c1Cl)N(C)C(=O)CC(OC(=O)C(C)N(C)C(C)C)C1OC1C(C)C1CC(O)(NC(=O)O1)C(OC)/C=C/C=C(\C)C2. The molecule has 0 aliphatic carbocycles. The van der Waals surface area contributed by atoms with Gasteiger partial charge in [0.1, 0.15) is 41.2 Å². The zero-order chi connectivity index (χ0) is 34.8. The van der Waals surface area contributed by atoms with E-state index in [1.54, 1.807) is 26.1 Å². The normalized spacial score (nSPS) is 32.4. The Balaban J connectivity index is 1.75. The van der Waals surface area contributed by atoms with Gasteiger partial charge in [0, 0.05) is 32.5 Å². The van der Waals surface area contributed by atoms with Gasteiger partial charge in [0.05, 0.1) is 25.3 Å². The number of hydrogen-bond donors (Lipinski definition) is 2. The number of nitrogens with zero attached hydrogens (tertiary/aromatic N) is 2. The maximum absolute atomic E-state index is 13.9. The second-order valence-corrected chi connectivity index (χ2v) is 13.4. The molecule has 12 nitrogen and oxygen atoms in total. The van der Waals surface area contributed by atoms with Gasteiger partial charge in [0.25, 0.3) is 0 Å². The van der Waals surface area contributed by atoms with Crippen LogP contribution in [-0.4, -0.2) is 105 Å².